The van der Waals surface area contributed by atoms with E-state index in [1.807, 2.05) is 0 Å². The predicted molar refractivity (Wildman–Crippen MR) is 78.2 cm³/mol. The second-order valence-electron chi connectivity index (χ2n) is 5.13. The second kappa shape index (κ2) is 7.71. The molecule has 6 heteroatoms. The molecule has 0 bridgehead atoms. The monoisotopic (exact) mass is 298 g/mol. The van der Waals surface area contributed by atoms with E-state index in [1.54, 1.807) is 18.4 Å². The van der Waals surface area contributed by atoms with Gasteiger partial charge in [0.2, 0.25) is 0 Å². The molecule has 1 fully saturated rings. The zero-order valence-electron chi connectivity index (χ0n) is 11.9. The summed E-state index contributed by atoms with van der Waals surface area (Å²) in [5, 5.41) is 9.99. The molecular weight excluding hydrogens is 276 g/mol. The van der Waals surface area contributed by atoms with E-state index in [-0.39, 0.29) is 6.42 Å². The summed E-state index contributed by atoms with van der Waals surface area (Å²) in [5.41, 5.74) is 0.735. The fourth-order valence-electron chi connectivity index (χ4n) is 2.46. The fraction of sp³-hybridized carbons (Fsp3) is 0.714. The van der Waals surface area contributed by atoms with Gasteiger partial charge in [0, 0.05) is 25.0 Å². The van der Waals surface area contributed by atoms with Gasteiger partial charge in [0.25, 0.3) is 0 Å². The molecule has 2 rings (SSSR count). The number of thiazole rings is 1. The first-order valence-electron chi connectivity index (χ1n) is 7.09. The minimum Gasteiger partial charge on any atom is -0.481 e. The molecular formula is C14H22N2O3S. The maximum absolute atomic E-state index is 11.0. The van der Waals surface area contributed by atoms with Gasteiger partial charge < -0.3 is 9.84 Å². The predicted octanol–water partition coefficient (Wildman–Crippen LogP) is 1.95. The number of ether oxygens (including phenoxy) is 1. The first-order chi connectivity index (χ1) is 9.69. The third-order valence-corrected chi connectivity index (χ3v) is 4.62. The van der Waals surface area contributed by atoms with E-state index in [1.165, 1.54) is 19.3 Å². The first-order valence-corrected chi connectivity index (χ1v) is 7.91. The van der Waals surface area contributed by atoms with Crippen molar-refractivity contribution >= 4 is 17.3 Å². The average molecular weight is 298 g/mol. The van der Waals surface area contributed by atoms with Crippen LogP contribution in [-0.4, -0.2) is 47.8 Å². The summed E-state index contributed by atoms with van der Waals surface area (Å²) >= 11 is 1.64. The molecule has 2 heterocycles. The molecule has 0 atom stereocenters. The highest BCUT2D eigenvalue weighted by Crippen LogP contribution is 2.23. The molecule has 1 saturated heterocycles. The number of methoxy groups -OCH3 is 1. The van der Waals surface area contributed by atoms with Crippen molar-refractivity contribution in [1.29, 1.82) is 0 Å². The summed E-state index contributed by atoms with van der Waals surface area (Å²) < 4.78 is 5.07. The van der Waals surface area contributed by atoms with Crippen LogP contribution in [0.5, 0.6) is 0 Å². The molecule has 0 aromatic carbocycles. The Morgan fingerprint density at radius 3 is 2.80 bits per heavy atom. The van der Waals surface area contributed by atoms with Gasteiger partial charge in [-0.15, -0.1) is 11.3 Å². The fourth-order valence-corrected chi connectivity index (χ4v) is 3.57. The van der Waals surface area contributed by atoms with Crippen LogP contribution in [0.3, 0.4) is 0 Å². The van der Waals surface area contributed by atoms with Crippen LogP contribution in [0.15, 0.2) is 0 Å². The van der Waals surface area contributed by atoms with Crippen molar-refractivity contribution in [3.05, 3.63) is 15.6 Å². The van der Waals surface area contributed by atoms with Crippen LogP contribution in [-0.2, 0) is 28.9 Å². The van der Waals surface area contributed by atoms with E-state index >= 15 is 0 Å². The van der Waals surface area contributed by atoms with Crippen molar-refractivity contribution in [1.82, 2.24) is 9.88 Å². The second-order valence-corrected chi connectivity index (χ2v) is 6.30. The quantitative estimate of drug-likeness (QED) is 0.833. The topological polar surface area (TPSA) is 62.7 Å². The lowest BCUT2D eigenvalue weighted by molar-refractivity contribution is -0.136. The highest BCUT2D eigenvalue weighted by Gasteiger charge is 2.18. The van der Waals surface area contributed by atoms with E-state index in [4.69, 9.17) is 9.84 Å². The molecule has 1 aromatic heterocycles. The minimum absolute atomic E-state index is 0.0205. The minimum atomic E-state index is -0.812. The molecule has 0 aliphatic carbocycles. The Balaban J connectivity index is 2.06. The average Bonchev–Trinajstić information content (AvgIpc) is 2.79. The van der Waals surface area contributed by atoms with Crippen LogP contribution in [0.2, 0.25) is 0 Å². The third-order valence-electron chi connectivity index (χ3n) is 3.48. The van der Waals surface area contributed by atoms with Gasteiger partial charge in [-0.05, 0) is 25.9 Å². The largest absolute Gasteiger partial charge is 0.481 e. The lowest BCUT2D eigenvalue weighted by Crippen LogP contribution is -2.29. The Morgan fingerprint density at radius 1 is 1.40 bits per heavy atom. The number of aromatic nitrogens is 1. The third kappa shape index (κ3) is 4.54. The smallest absolute Gasteiger partial charge is 0.309 e. The molecule has 0 amide bonds. The molecule has 1 N–H and O–H groups in total. The standard InChI is InChI=1S/C14H22N2O3S/c1-19-8-5-13-15-11(9-14(17)18)12(20-13)10-16-6-3-2-4-7-16/h2-10H2,1H3,(H,17,18). The Bertz CT molecular complexity index is 442. The number of carboxylic acids is 1. The van der Waals surface area contributed by atoms with Crippen LogP contribution < -0.4 is 0 Å². The maximum Gasteiger partial charge on any atom is 0.309 e. The van der Waals surface area contributed by atoms with Crippen LogP contribution in [0.25, 0.3) is 0 Å². The van der Waals surface area contributed by atoms with Crippen molar-refractivity contribution < 1.29 is 14.6 Å². The van der Waals surface area contributed by atoms with E-state index < -0.39 is 5.97 Å². The van der Waals surface area contributed by atoms with Crippen LogP contribution in [0, 0.1) is 0 Å². The Hall–Kier alpha value is -0.980. The van der Waals surface area contributed by atoms with Crippen molar-refractivity contribution in [3.8, 4) is 0 Å². The zero-order chi connectivity index (χ0) is 14.4. The van der Waals surface area contributed by atoms with Crippen molar-refractivity contribution in [3.63, 3.8) is 0 Å². The molecule has 0 radical (unpaired) electrons. The highest BCUT2D eigenvalue weighted by molar-refractivity contribution is 7.11. The van der Waals surface area contributed by atoms with Crippen molar-refractivity contribution in [2.75, 3.05) is 26.8 Å². The van der Waals surface area contributed by atoms with Gasteiger partial charge in [-0.25, -0.2) is 4.98 Å². The first kappa shape index (κ1) is 15.4. The zero-order valence-corrected chi connectivity index (χ0v) is 12.7. The number of piperidine rings is 1. The SMILES string of the molecule is COCCc1nc(CC(=O)O)c(CN2CCCCC2)s1. The summed E-state index contributed by atoms with van der Waals surface area (Å²) in [6.07, 6.45) is 4.56. The summed E-state index contributed by atoms with van der Waals surface area (Å²) in [6, 6.07) is 0. The van der Waals surface area contributed by atoms with E-state index in [0.717, 1.165) is 41.6 Å². The number of carboxylic acid groups (broad SMARTS) is 1. The van der Waals surface area contributed by atoms with Gasteiger partial charge in [-0.1, -0.05) is 6.42 Å². The number of likely N-dealkylation sites (tertiary alicyclic amines) is 1. The molecule has 20 heavy (non-hydrogen) atoms. The molecule has 0 spiro atoms. The Morgan fingerprint density at radius 2 is 2.15 bits per heavy atom. The van der Waals surface area contributed by atoms with E-state index in [2.05, 4.69) is 9.88 Å². The van der Waals surface area contributed by atoms with Crippen molar-refractivity contribution in [2.24, 2.45) is 0 Å². The molecule has 5 nitrogen and oxygen atoms in total. The van der Waals surface area contributed by atoms with E-state index in [0.29, 0.717) is 6.61 Å². The molecule has 1 aliphatic rings. The normalized spacial score (nSPS) is 16.4. The maximum atomic E-state index is 11.0. The number of rotatable bonds is 7. The molecule has 0 saturated carbocycles. The van der Waals surface area contributed by atoms with Gasteiger partial charge in [0.1, 0.15) is 0 Å². The van der Waals surface area contributed by atoms with Gasteiger partial charge in [-0.3, -0.25) is 9.69 Å². The summed E-state index contributed by atoms with van der Waals surface area (Å²) in [7, 11) is 1.67. The van der Waals surface area contributed by atoms with Crippen LogP contribution >= 0.6 is 11.3 Å². The molecule has 1 aliphatic heterocycles. The molecule has 1 aromatic rings. The van der Waals surface area contributed by atoms with Gasteiger partial charge in [0.15, 0.2) is 0 Å². The van der Waals surface area contributed by atoms with Crippen LogP contribution in [0.1, 0.15) is 34.8 Å². The summed E-state index contributed by atoms with van der Waals surface area (Å²) in [6.45, 7) is 3.69. The lowest BCUT2D eigenvalue weighted by atomic mass is 10.1. The Kier molecular flexibility index (Phi) is 5.94. The van der Waals surface area contributed by atoms with E-state index in [9.17, 15) is 4.79 Å². The summed E-state index contributed by atoms with van der Waals surface area (Å²) in [5.74, 6) is -0.812. The number of nitrogens with zero attached hydrogens (tertiary/aromatic N) is 2. The number of hydrogen-bond acceptors (Lipinski definition) is 5. The molecule has 0 unspecified atom stereocenters. The van der Waals surface area contributed by atoms with Gasteiger partial charge >= 0.3 is 5.97 Å². The number of aliphatic carboxylic acids is 1. The van der Waals surface area contributed by atoms with Crippen molar-refractivity contribution in [2.45, 2.75) is 38.6 Å². The highest BCUT2D eigenvalue weighted by atomic mass is 32.1. The summed E-state index contributed by atoms with van der Waals surface area (Å²) in [4.78, 5) is 19.0. The Labute approximate surface area is 123 Å². The van der Waals surface area contributed by atoms with Gasteiger partial charge in [-0.2, -0.15) is 0 Å². The van der Waals surface area contributed by atoms with Crippen LogP contribution in [0.4, 0.5) is 0 Å². The van der Waals surface area contributed by atoms with Gasteiger partial charge in [0.05, 0.1) is 23.7 Å². The molecule has 112 valence electrons. The number of carbonyl (C=O) groups is 1. The number of hydrogen-bond donors (Lipinski definition) is 1. The lowest BCUT2D eigenvalue weighted by Gasteiger charge is -2.25.